The number of benzene rings is 1. The van der Waals surface area contributed by atoms with Crippen LogP contribution in [0.1, 0.15) is 71.7 Å². The number of aromatic nitrogens is 1. The van der Waals surface area contributed by atoms with Crippen molar-refractivity contribution < 1.29 is 14.3 Å². The minimum absolute atomic E-state index is 0.0528. The fourth-order valence-electron chi connectivity index (χ4n) is 4.06. The summed E-state index contributed by atoms with van der Waals surface area (Å²) < 4.78 is 7.05. The molecule has 0 fully saturated rings. The van der Waals surface area contributed by atoms with Gasteiger partial charge in [0.2, 0.25) is 5.78 Å². The van der Waals surface area contributed by atoms with Crippen molar-refractivity contribution in [3.8, 4) is 0 Å². The summed E-state index contributed by atoms with van der Waals surface area (Å²) in [5, 5.41) is 8.32. The Morgan fingerprint density at radius 1 is 1.11 bits per heavy atom. The highest BCUT2D eigenvalue weighted by Crippen LogP contribution is 2.23. The van der Waals surface area contributed by atoms with Crippen LogP contribution >= 0.6 is 0 Å². The first kappa shape index (κ1) is 27.9. The lowest BCUT2D eigenvalue weighted by Gasteiger charge is -2.20. The number of rotatable bonds is 11. The molecule has 0 unspecified atom stereocenters. The van der Waals surface area contributed by atoms with Crippen LogP contribution in [0.4, 0.5) is 0 Å². The number of hydrazone groups is 1. The maximum Gasteiger partial charge on any atom is 0.338 e. The van der Waals surface area contributed by atoms with Crippen LogP contribution in [0.3, 0.4) is 0 Å². The number of nitrogens with one attached hydrogen (secondary N) is 1. The van der Waals surface area contributed by atoms with Gasteiger partial charge in [0.15, 0.2) is 12.4 Å². The first-order chi connectivity index (χ1) is 17.5. The molecule has 37 heavy (non-hydrogen) atoms. The van der Waals surface area contributed by atoms with Crippen molar-refractivity contribution in [3.05, 3.63) is 76.6 Å². The van der Waals surface area contributed by atoms with Crippen molar-refractivity contribution >= 4 is 23.1 Å². The minimum atomic E-state index is -0.541. The highest BCUT2D eigenvalue weighted by molar-refractivity contribution is 6.09. The van der Waals surface area contributed by atoms with Crippen molar-refractivity contribution in [3.63, 3.8) is 0 Å². The van der Waals surface area contributed by atoms with Crippen molar-refractivity contribution in [1.29, 1.82) is 0 Å². The van der Waals surface area contributed by atoms with Crippen LogP contribution in [-0.2, 0) is 17.6 Å². The topological polar surface area (TPSA) is 127 Å². The molecule has 9 heteroatoms. The molecule has 9 nitrogen and oxygen atoms in total. The van der Waals surface area contributed by atoms with E-state index in [1.165, 1.54) is 12.6 Å². The molecule has 0 saturated carbocycles. The van der Waals surface area contributed by atoms with E-state index in [4.69, 9.17) is 16.3 Å². The second-order valence-corrected chi connectivity index (χ2v) is 10.1. The fraction of sp³-hybridized carbons (Fsp3) is 0.393. The Labute approximate surface area is 218 Å². The maximum absolute atomic E-state index is 13.5. The number of carbonyl (C=O) groups is 2. The van der Waals surface area contributed by atoms with Crippen molar-refractivity contribution in [1.82, 2.24) is 14.8 Å². The summed E-state index contributed by atoms with van der Waals surface area (Å²) in [6.45, 7) is 9.24. The van der Waals surface area contributed by atoms with Gasteiger partial charge in [0.25, 0.3) is 0 Å². The number of amidine groups is 1. The molecule has 0 atom stereocenters. The summed E-state index contributed by atoms with van der Waals surface area (Å²) in [6, 6.07) is 13.1. The third kappa shape index (κ3) is 7.65. The predicted molar refractivity (Wildman–Crippen MR) is 147 cm³/mol. The standard InChI is InChI=1S/C28H38N6O3/c1-6-20-16-23-17-22(27(36)37-18-24(29)32-33(5)30)13-15-34(23)25(20)26(35)21-11-9-19(10-12-21)8-7-14-31-28(2,3)4/h9-13,15-17,31H,6-8,14,18,30H2,1-5H3,(H2,29,32). The molecule has 0 bridgehead atoms. The zero-order valence-electron chi connectivity index (χ0n) is 22.4. The van der Waals surface area contributed by atoms with Gasteiger partial charge in [-0.1, -0.05) is 31.2 Å². The Morgan fingerprint density at radius 2 is 1.81 bits per heavy atom. The van der Waals surface area contributed by atoms with Crippen LogP contribution < -0.4 is 16.9 Å². The first-order valence-corrected chi connectivity index (χ1v) is 12.5. The molecule has 0 spiro atoms. The third-order valence-electron chi connectivity index (χ3n) is 5.83. The molecule has 3 aromatic rings. The summed E-state index contributed by atoms with van der Waals surface area (Å²) in [5.41, 5.74) is 10.2. The van der Waals surface area contributed by atoms with Gasteiger partial charge >= 0.3 is 5.97 Å². The summed E-state index contributed by atoms with van der Waals surface area (Å²) in [6.07, 6.45) is 4.38. The van der Waals surface area contributed by atoms with E-state index in [1.54, 1.807) is 18.3 Å². The fourth-order valence-corrected chi connectivity index (χ4v) is 4.06. The number of ketones is 1. The van der Waals surface area contributed by atoms with Crippen LogP contribution in [0.5, 0.6) is 0 Å². The van der Waals surface area contributed by atoms with E-state index >= 15 is 0 Å². The zero-order valence-corrected chi connectivity index (χ0v) is 22.4. The molecule has 0 aliphatic heterocycles. The Bertz CT molecular complexity index is 1270. The summed E-state index contributed by atoms with van der Waals surface area (Å²) in [5.74, 6) is 4.89. The van der Waals surface area contributed by atoms with Crippen molar-refractivity contribution in [2.75, 3.05) is 20.2 Å². The Kier molecular flexibility index (Phi) is 9.07. The maximum atomic E-state index is 13.5. The smallest absolute Gasteiger partial charge is 0.338 e. The highest BCUT2D eigenvalue weighted by atomic mass is 16.5. The Balaban J connectivity index is 1.75. The summed E-state index contributed by atoms with van der Waals surface area (Å²) in [7, 11) is 1.51. The number of ether oxygens (including phenoxy) is 1. The van der Waals surface area contributed by atoms with Gasteiger partial charge < -0.3 is 20.2 Å². The summed E-state index contributed by atoms with van der Waals surface area (Å²) >= 11 is 0. The zero-order chi connectivity index (χ0) is 27.2. The molecule has 2 heterocycles. The number of aryl methyl sites for hydroxylation is 2. The number of hydrogen-bond acceptors (Lipinski definition) is 7. The molecule has 1 aromatic carbocycles. The molecule has 5 N–H and O–H groups in total. The number of nitrogens with two attached hydrogens (primary N) is 2. The van der Waals surface area contributed by atoms with E-state index in [-0.39, 0.29) is 23.8 Å². The van der Waals surface area contributed by atoms with Gasteiger partial charge in [-0.2, -0.15) is 0 Å². The number of hydrazine groups is 1. The first-order valence-electron chi connectivity index (χ1n) is 12.5. The quantitative estimate of drug-likeness (QED) is 0.0692. The van der Waals surface area contributed by atoms with E-state index in [1.807, 2.05) is 41.7 Å². The molecular formula is C28H38N6O3. The van der Waals surface area contributed by atoms with Gasteiger partial charge in [0.05, 0.1) is 11.3 Å². The second-order valence-electron chi connectivity index (χ2n) is 10.1. The normalized spacial score (nSPS) is 12.1. The molecule has 2 aromatic heterocycles. The lowest BCUT2D eigenvalue weighted by Crippen LogP contribution is -2.36. The van der Waals surface area contributed by atoms with Gasteiger partial charge in [0, 0.05) is 29.9 Å². The van der Waals surface area contributed by atoms with Gasteiger partial charge in [-0.15, -0.1) is 5.10 Å². The molecule has 0 aliphatic rings. The van der Waals surface area contributed by atoms with Crippen LogP contribution in [0.25, 0.3) is 5.52 Å². The number of fused-ring (bicyclic) bond motifs is 1. The van der Waals surface area contributed by atoms with Gasteiger partial charge in [-0.3, -0.25) is 4.79 Å². The Hall–Kier alpha value is -3.69. The van der Waals surface area contributed by atoms with Gasteiger partial charge in [0.1, 0.15) is 0 Å². The average Bonchev–Trinajstić information content (AvgIpc) is 3.22. The van der Waals surface area contributed by atoms with E-state index in [2.05, 4.69) is 31.2 Å². The van der Waals surface area contributed by atoms with E-state index in [0.29, 0.717) is 23.2 Å². The predicted octanol–water partition coefficient (Wildman–Crippen LogP) is 3.29. The van der Waals surface area contributed by atoms with Gasteiger partial charge in [-0.05, 0) is 75.9 Å². The molecular weight excluding hydrogens is 468 g/mol. The monoisotopic (exact) mass is 506 g/mol. The molecule has 0 saturated heterocycles. The van der Waals surface area contributed by atoms with Crippen LogP contribution in [-0.4, -0.2) is 52.8 Å². The largest absolute Gasteiger partial charge is 0.454 e. The molecule has 0 radical (unpaired) electrons. The van der Waals surface area contributed by atoms with E-state index in [0.717, 1.165) is 35.6 Å². The SMILES string of the molecule is CCc1cc2cc(C(=O)OC/C(N)=N/N(C)N)ccn2c1C(=O)c1ccc(CCCNC(C)(C)C)cc1. The van der Waals surface area contributed by atoms with Crippen LogP contribution in [0, 0.1) is 0 Å². The number of esters is 1. The van der Waals surface area contributed by atoms with Gasteiger partial charge in [-0.25, -0.2) is 15.8 Å². The molecule has 3 rings (SSSR count). The highest BCUT2D eigenvalue weighted by Gasteiger charge is 2.20. The number of hydrogen-bond donors (Lipinski definition) is 3. The second kappa shape index (κ2) is 12.0. The van der Waals surface area contributed by atoms with Crippen LogP contribution in [0.2, 0.25) is 0 Å². The molecule has 0 amide bonds. The molecule has 198 valence electrons. The number of carbonyl (C=O) groups excluding carboxylic acids is 2. The van der Waals surface area contributed by atoms with E-state index < -0.39 is 5.97 Å². The summed E-state index contributed by atoms with van der Waals surface area (Å²) in [4.78, 5) is 26.0. The number of pyridine rings is 1. The Morgan fingerprint density at radius 3 is 2.43 bits per heavy atom. The molecule has 0 aliphatic carbocycles. The van der Waals surface area contributed by atoms with E-state index in [9.17, 15) is 9.59 Å². The van der Waals surface area contributed by atoms with Crippen LogP contribution in [0.15, 0.2) is 53.8 Å². The average molecular weight is 507 g/mol. The lowest BCUT2D eigenvalue weighted by atomic mass is 10.0. The number of nitrogens with zero attached hydrogens (tertiary/aromatic N) is 3. The van der Waals surface area contributed by atoms with Crippen molar-refractivity contribution in [2.24, 2.45) is 16.7 Å². The minimum Gasteiger partial charge on any atom is -0.454 e. The lowest BCUT2D eigenvalue weighted by molar-refractivity contribution is 0.0561. The third-order valence-corrected chi connectivity index (χ3v) is 5.83. The van der Waals surface area contributed by atoms with Crippen molar-refractivity contribution in [2.45, 2.75) is 52.5 Å².